The van der Waals surface area contributed by atoms with Crippen molar-refractivity contribution >= 4 is 17.9 Å². The first kappa shape index (κ1) is 52.4. The number of carbonyl (C=O) groups is 3. The van der Waals surface area contributed by atoms with Gasteiger partial charge in [0.15, 0.2) is 0 Å². The summed E-state index contributed by atoms with van der Waals surface area (Å²) in [6.07, 6.45) is 33.7. The van der Waals surface area contributed by atoms with E-state index in [2.05, 4.69) is 48.1 Å². The monoisotopic (exact) mass is 797 g/mol. The number of unbranched alkanes of at least 4 members (excludes halogenated alkanes) is 14. The summed E-state index contributed by atoms with van der Waals surface area (Å²) in [4.78, 5) is 36.8. The number of carbonyl (C=O) groups excluding carboxylic acids is 2. The quantitative estimate of drug-likeness (QED) is 0.0444. The molecule has 1 atom stereocenters. The lowest BCUT2D eigenvalue weighted by molar-refractivity contribution is -0.134. The topological polar surface area (TPSA) is 89.9 Å². The average Bonchev–Trinajstić information content (AvgIpc) is 3.21. The second kappa shape index (κ2) is 33.2. The van der Waals surface area contributed by atoms with E-state index in [-0.39, 0.29) is 5.41 Å². The molecule has 6 nitrogen and oxygen atoms in total. The molecule has 1 fully saturated rings. The lowest BCUT2D eigenvalue weighted by Gasteiger charge is -2.41. The molecule has 0 spiro atoms. The normalized spacial score (nSPS) is 17.1. The molecule has 0 aliphatic heterocycles. The molecular formula is C51H88O6. The van der Waals surface area contributed by atoms with Crippen LogP contribution in [-0.2, 0) is 14.3 Å². The molecule has 57 heavy (non-hydrogen) atoms. The zero-order chi connectivity index (χ0) is 42.2. The van der Waals surface area contributed by atoms with Gasteiger partial charge in [-0.1, -0.05) is 189 Å². The maximum atomic E-state index is 12.7. The van der Waals surface area contributed by atoms with Gasteiger partial charge in [-0.15, -0.1) is 0 Å². The summed E-state index contributed by atoms with van der Waals surface area (Å²) in [5.41, 5.74) is 0.969. The first-order chi connectivity index (χ1) is 27.5. The van der Waals surface area contributed by atoms with Gasteiger partial charge in [-0.05, 0) is 81.3 Å². The first-order valence-corrected chi connectivity index (χ1v) is 23.9. The summed E-state index contributed by atoms with van der Waals surface area (Å²) >= 11 is 0. The second-order valence-corrected chi connectivity index (χ2v) is 17.8. The average molecular weight is 797 g/mol. The summed E-state index contributed by atoms with van der Waals surface area (Å²) in [5.74, 6) is 0.255. The van der Waals surface area contributed by atoms with Gasteiger partial charge in [0.1, 0.15) is 0 Å². The van der Waals surface area contributed by atoms with Crippen molar-refractivity contribution in [1.82, 2.24) is 0 Å². The highest BCUT2D eigenvalue weighted by Crippen LogP contribution is 2.48. The van der Waals surface area contributed by atoms with Gasteiger partial charge in [0.2, 0.25) is 0 Å². The summed E-state index contributed by atoms with van der Waals surface area (Å²) in [5, 5.41) is 9.58. The number of rotatable bonds is 32. The van der Waals surface area contributed by atoms with Crippen LogP contribution in [0.2, 0.25) is 0 Å². The van der Waals surface area contributed by atoms with E-state index in [1.165, 1.54) is 116 Å². The molecule has 1 unspecified atom stereocenters. The molecule has 1 aromatic carbocycles. The standard InChI is InChI=1S/C26H42O4.C25H46O2/c1-5-7-9-16-22(14-6-2)20-30-26(28)24-18-12-11-17-23(24)25(27)29-19-13-8-10-15-21(3)4;1-4-6-8-10-12-14-16-23-17-20-25(21-18-23,22(3)24(26)27)19-15-13-11-9-7-5-2/h11-12,17-18,21-22H,5-10,13-16,19-20H2,1-4H3;23H,3-21H2,1-2H3,(H,26,27). The van der Waals surface area contributed by atoms with E-state index < -0.39 is 17.9 Å². The Morgan fingerprint density at radius 1 is 0.667 bits per heavy atom. The maximum absolute atomic E-state index is 12.7. The highest BCUT2D eigenvalue weighted by molar-refractivity contribution is 6.03. The molecule has 1 aliphatic rings. The fourth-order valence-corrected chi connectivity index (χ4v) is 8.49. The summed E-state index contributed by atoms with van der Waals surface area (Å²) in [6.45, 7) is 18.1. The fraction of sp³-hybridized carbons (Fsp3) is 0.784. The Morgan fingerprint density at radius 3 is 1.74 bits per heavy atom. The summed E-state index contributed by atoms with van der Waals surface area (Å²) < 4.78 is 11.0. The zero-order valence-corrected chi connectivity index (χ0v) is 38.0. The minimum Gasteiger partial charge on any atom is -0.478 e. The number of hydrogen-bond donors (Lipinski definition) is 1. The Kier molecular flexibility index (Phi) is 30.5. The molecule has 0 bridgehead atoms. The van der Waals surface area contributed by atoms with Crippen LogP contribution in [0.3, 0.4) is 0 Å². The fourth-order valence-electron chi connectivity index (χ4n) is 8.49. The molecule has 328 valence electrons. The molecule has 1 aromatic rings. The van der Waals surface area contributed by atoms with Gasteiger partial charge in [-0.25, -0.2) is 14.4 Å². The maximum Gasteiger partial charge on any atom is 0.339 e. The van der Waals surface area contributed by atoms with Crippen LogP contribution in [-0.4, -0.2) is 36.2 Å². The summed E-state index contributed by atoms with van der Waals surface area (Å²) in [6, 6.07) is 6.79. The Labute approximate surface area is 351 Å². The van der Waals surface area contributed by atoms with Crippen LogP contribution in [0.15, 0.2) is 36.4 Å². The van der Waals surface area contributed by atoms with Crippen molar-refractivity contribution in [2.45, 2.75) is 221 Å². The van der Waals surface area contributed by atoms with Crippen LogP contribution in [0.1, 0.15) is 242 Å². The van der Waals surface area contributed by atoms with Crippen LogP contribution in [0.4, 0.5) is 0 Å². The Hall–Kier alpha value is -2.63. The largest absolute Gasteiger partial charge is 0.478 e. The molecule has 0 heterocycles. The number of carboxylic acids is 1. The number of carboxylic acid groups (broad SMARTS) is 1. The smallest absolute Gasteiger partial charge is 0.339 e. The minimum atomic E-state index is -0.768. The van der Waals surface area contributed by atoms with Crippen molar-refractivity contribution in [3.8, 4) is 0 Å². The van der Waals surface area contributed by atoms with Gasteiger partial charge in [-0.3, -0.25) is 0 Å². The molecule has 1 N–H and O–H groups in total. The molecule has 6 heteroatoms. The van der Waals surface area contributed by atoms with Gasteiger partial charge in [-0.2, -0.15) is 0 Å². The van der Waals surface area contributed by atoms with Crippen molar-refractivity contribution in [3.05, 3.63) is 47.5 Å². The number of aliphatic carboxylic acids is 1. The third kappa shape index (κ3) is 23.5. The van der Waals surface area contributed by atoms with Crippen LogP contribution >= 0.6 is 0 Å². The second-order valence-electron chi connectivity index (χ2n) is 17.8. The van der Waals surface area contributed by atoms with Crippen LogP contribution < -0.4 is 0 Å². The highest BCUT2D eigenvalue weighted by atomic mass is 16.5. The van der Waals surface area contributed by atoms with Crippen LogP contribution in [0, 0.1) is 23.2 Å². The van der Waals surface area contributed by atoms with E-state index in [0.717, 1.165) is 70.1 Å². The third-order valence-electron chi connectivity index (χ3n) is 12.3. The molecule has 0 amide bonds. The van der Waals surface area contributed by atoms with Crippen molar-refractivity contribution in [1.29, 1.82) is 0 Å². The summed E-state index contributed by atoms with van der Waals surface area (Å²) in [7, 11) is 0. The first-order valence-electron chi connectivity index (χ1n) is 23.9. The predicted octanol–water partition coefficient (Wildman–Crippen LogP) is 15.5. The van der Waals surface area contributed by atoms with Gasteiger partial charge in [0.25, 0.3) is 0 Å². The molecular weight excluding hydrogens is 709 g/mol. The minimum absolute atomic E-state index is 0.117. The SMILES string of the molecule is C=C(C(=O)O)C1(CCCCCCCC)CCC(CCCCCCCC)CC1.CCCCCC(CCC)COC(=O)c1ccccc1C(=O)OCCCCCC(C)C. The zero-order valence-electron chi connectivity index (χ0n) is 38.0. The van der Waals surface area contributed by atoms with Crippen molar-refractivity contribution < 1.29 is 29.0 Å². The third-order valence-corrected chi connectivity index (χ3v) is 12.3. The molecule has 0 aromatic heterocycles. The molecule has 0 radical (unpaired) electrons. The van der Waals surface area contributed by atoms with Crippen molar-refractivity contribution in [2.24, 2.45) is 23.2 Å². The lowest BCUT2D eigenvalue weighted by Crippen LogP contribution is -2.32. The van der Waals surface area contributed by atoms with Crippen molar-refractivity contribution in [3.63, 3.8) is 0 Å². The van der Waals surface area contributed by atoms with E-state index in [4.69, 9.17) is 9.47 Å². The Bertz CT molecular complexity index is 1200. The molecule has 1 saturated carbocycles. The number of ether oxygens (including phenoxy) is 2. The number of esters is 2. The van der Waals surface area contributed by atoms with Gasteiger partial charge >= 0.3 is 17.9 Å². The van der Waals surface area contributed by atoms with Gasteiger partial charge < -0.3 is 14.6 Å². The number of benzene rings is 1. The Balaban J connectivity index is 0.000000573. The van der Waals surface area contributed by atoms with Crippen LogP contribution in [0.25, 0.3) is 0 Å². The predicted molar refractivity (Wildman–Crippen MR) is 240 cm³/mol. The highest BCUT2D eigenvalue weighted by Gasteiger charge is 2.39. The number of hydrogen-bond acceptors (Lipinski definition) is 5. The Morgan fingerprint density at radius 2 is 1.18 bits per heavy atom. The van der Waals surface area contributed by atoms with Gasteiger partial charge in [0, 0.05) is 11.0 Å². The van der Waals surface area contributed by atoms with E-state index in [9.17, 15) is 19.5 Å². The van der Waals surface area contributed by atoms with Crippen LogP contribution in [0.5, 0.6) is 0 Å². The lowest BCUT2D eigenvalue weighted by atomic mass is 9.63. The molecule has 0 saturated heterocycles. The van der Waals surface area contributed by atoms with Crippen molar-refractivity contribution in [2.75, 3.05) is 13.2 Å². The van der Waals surface area contributed by atoms with Gasteiger partial charge in [0.05, 0.1) is 24.3 Å². The molecule has 2 rings (SSSR count). The van der Waals surface area contributed by atoms with E-state index in [1.54, 1.807) is 24.3 Å². The van der Waals surface area contributed by atoms with E-state index in [1.807, 2.05) is 0 Å². The molecule has 1 aliphatic carbocycles. The van der Waals surface area contributed by atoms with E-state index >= 15 is 0 Å². The van der Waals surface area contributed by atoms with E-state index in [0.29, 0.717) is 41.7 Å².